The molecule has 2 heterocycles. The molecular weight excluding hydrogens is 254 g/mol. The molecule has 1 aromatic carbocycles. The second kappa shape index (κ2) is 5.08. The van der Waals surface area contributed by atoms with E-state index in [-0.39, 0.29) is 6.01 Å². The number of nitrogens with zero attached hydrogens (tertiary/aromatic N) is 4. The maximum atomic E-state index is 5.11. The Bertz CT molecular complexity index is 732. The van der Waals surface area contributed by atoms with E-state index in [0.717, 1.165) is 16.3 Å². The second-order valence-electron chi connectivity index (χ2n) is 4.12. The number of ether oxygens (including phenoxy) is 1. The lowest BCUT2D eigenvalue weighted by atomic mass is 10.1. The zero-order valence-corrected chi connectivity index (χ0v) is 11.2. The third-order valence-corrected chi connectivity index (χ3v) is 2.95. The summed E-state index contributed by atoms with van der Waals surface area (Å²) in [5.74, 6) is 1.02. The van der Waals surface area contributed by atoms with Crippen LogP contribution in [0, 0.1) is 0 Å². The van der Waals surface area contributed by atoms with Gasteiger partial charge in [-0.15, -0.1) is 0 Å². The normalized spacial score (nSPS) is 10.5. The van der Waals surface area contributed by atoms with Crippen molar-refractivity contribution < 1.29 is 4.74 Å². The van der Waals surface area contributed by atoms with Gasteiger partial charge in [0.2, 0.25) is 5.95 Å². The van der Waals surface area contributed by atoms with Crippen LogP contribution in [0.15, 0.2) is 36.7 Å². The smallest absolute Gasteiger partial charge is 0.321 e. The molecular formula is C14H13N5O. The number of anilines is 1. The molecule has 3 aromatic rings. The van der Waals surface area contributed by atoms with Gasteiger partial charge in [0, 0.05) is 30.4 Å². The van der Waals surface area contributed by atoms with Crippen molar-refractivity contribution in [1.82, 2.24) is 19.9 Å². The van der Waals surface area contributed by atoms with Crippen molar-refractivity contribution in [1.29, 1.82) is 0 Å². The number of hydrogen-bond acceptors (Lipinski definition) is 6. The van der Waals surface area contributed by atoms with Crippen LogP contribution in [0.5, 0.6) is 6.01 Å². The highest BCUT2D eigenvalue weighted by atomic mass is 16.5. The van der Waals surface area contributed by atoms with E-state index in [1.165, 1.54) is 7.11 Å². The number of aromatic nitrogens is 4. The molecule has 0 unspecified atom stereocenters. The maximum absolute atomic E-state index is 5.11. The first-order valence-corrected chi connectivity index (χ1v) is 6.13. The fourth-order valence-electron chi connectivity index (χ4n) is 1.99. The van der Waals surface area contributed by atoms with Crippen LogP contribution in [0.1, 0.15) is 0 Å². The molecule has 0 atom stereocenters. The summed E-state index contributed by atoms with van der Waals surface area (Å²) >= 11 is 0. The standard InChI is InChI=1S/C14H13N5O/c1-15-13-17-12(18-14(19-13)20-2)10-5-3-4-9-6-7-16-8-11(9)10/h3-8H,1-2H3,(H,15,17,18,19). The number of rotatable bonds is 3. The molecule has 0 fully saturated rings. The maximum Gasteiger partial charge on any atom is 0.321 e. The first kappa shape index (κ1) is 12.3. The molecule has 1 N–H and O–H groups in total. The minimum absolute atomic E-state index is 0.278. The van der Waals surface area contributed by atoms with Crippen LogP contribution in [-0.4, -0.2) is 34.1 Å². The number of pyridine rings is 1. The quantitative estimate of drug-likeness (QED) is 0.783. The zero-order chi connectivity index (χ0) is 13.9. The van der Waals surface area contributed by atoms with E-state index in [0.29, 0.717) is 11.8 Å². The minimum Gasteiger partial charge on any atom is -0.467 e. The average molecular weight is 267 g/mol. The van der Waals surface area contributed by atoms with E-state index in [1.807, 2.05) is 24.3 Å². The lowest BCUT2D eigenvalue weighted by Gasteiger charge is -2.07. The van der Waals surface area contributed by atoms with Crippen molar-refractivity contribution in [2.75, 3.05) is 19.5 Å². The van der Waals surface area contributed by atoms with Crippen molar-refractivity contribution in [2.45, 2.75) is 0 Å². The van der Waals surface area contributed by atoms with E-state index in [1.54, 1.807) is 19.4 Å². The molecule has 6 heteroatoms. The highest BCUT2D eigenvalue weighted by Gasteiger charge is 2.11. The number of hydrogen-bond donors (Lipinski definition) is 1. The molecule has 0 saturated carbocycles. The van der Waals surface area contributed by atoms with Crippen molar-refractivity contribution in [3.63, 3.8) is 0 Å². The summed E-state index contributed by atoms with van der Waals surface area (Å²) in [5, 5.41) is 4.98. The van der Waals surface area contributed by atoms with Crippen LogP contribution in [-0.2, 0) is 0 Å². The summed E-state index contributed by atoms with van der Waals surface area (Å²) in [6, 6.07) is 8.18. The van der Waals surface area contributed by atoms with Gasteiger partial charge in [-0.2, -0.15) is 15.0 Å². The molecule has 0 aliphatic carbocycles. The minimum atomic E-state index is 0.278. The van der Waals surface area contributed by atoms with Crippen molar-refractivity contribution in [3.05, 3.63) is 36.7 Å². The van der Waals surface area contributed by atoms with E-state index in [9.17, 15) is 0 Å². The number of fused-ring (bicyclic) bond motifs is 1. The lowest BCUT2D eigenvalue weighted by Crippen LogP contribution is -2.03. The van der Waals surface area contributed by atoms with Crippen LogP contribution in [0.2, 0.25) is 0 Å². The molecule has 0 bridgehead atoms. The second-order valence-corrected chi connectivity index (χ2v) is 4.12. The third-order valence-electron chi connectivity index (χ3n) is 2.95. The van der Waals surface area contributed by atoms with Crippen LogP contribution >= 0.6 is 0 Å². The Morgan fingerprint density at radius 3 is 2.80 bits per heavy atom. The molecule has 3 rings (SSSR count). The Morgan fingerprint density at radius 1 is 1.10 bits per heavy atom. The third kappa shape index (κ3) is 2.11. The molecule has 0 radical (unpaired) electrons. The van der Waals surface area contributed by atoms with E-state index < -0.39 is 0 Å². The van der Waals surface area contributed by atoms with Gasteiger partial charge >= 0.3 is 6.01 Å². The predicted molar refractivity (Wildman–Crippen MR) is 76.7 cm³/mol. The van der Waals surface area contributed by atoms with Gasteiger partial charge in [-0.05, 0) is 11.5 Å². The molecule has 6 nitrogen and oxygen atoms in total. The molecule has 0 amide bonds. The molecule has 0 aliphatic heterocycles. The van der Waals surface area contributed by atoms with Crippen LogP contribution in [0.25, 0.3) is 22.2 Å². The first-order valence-electron chi connectivity index (χ1n) is 6.13. The van der Waals surface area contributed by atoms with Gasteiger partial charge < -0.3 is 10.1 Å². The number of nitrogens with one attached hydrogen (secondary N) is 1. The Morgan fingerprint density at radius 2 is 2.00 bits per heavy atom. The van der Waals surface area contributed by atoms with Gasteiger partial charge in [-0.3, -0.25) is 4.98 Å². The van der Waals surface area contributed by atoms with Gasteiger partial charge in [0.05, 0.1) is 7.11 Å². The summed E-state index contributed by atoms with van der Waals surface area (Å²) in [4.78, 5) is 17.0. The summed E-state index contributed by atoms with van der Waals surface area (Å²) in [6.45, 7) is 0. The molecule has 0 saturated heterocycles. The van der Waals surface area contributed by atoms with Gasteiger partial charge in [0.1, 0.15) is 0 Å². The fourth-order valence-corrected chi connectivity index (χ4v) is 1.99. The van der Waals surface area contributed by atoms with Crippen LogP contribution < -0.4 is 10.1 Å². The number of benzene rings is 1. The largest absolute Gasteiger partial charge is 0.467 e. The summed E-state index contributed by atoms with van der Waals surface area (Å²) in [5.41, 5.74) is 0.896. The Kier molecular flexibility index (Phi) is 3.12. The Hall–Kier alpha value is -2.76. The van der Waals surface area contributed by atoms with Gasteiger partial charge in [0.25, 0.3) is 0 Å². The van der Waals surface area contributed by atoms with Crippen LogP contribution in [0.4, 0.5) is 5.95 Å². The van der Waals surface area contributed by atoms with Crippen molar-refractivity contribution in [2.24, 2.45) is 0 Å². The van der Waals surface area contributed by atoms with Crippen molar-refractivity contribution in [3.8, 4) is 17.4 Å². The van der Waals surface area contributed by atoms with Crippen molar-refractivity contribution >= 4 is 16.7 Å². The van der Waals surface area contributed by atoms with E-state index >= 15 is 0 Å². The summed E-state index contributed by atoms with van der Waals surface area (Å²) in [6.07, 6.45) is 3.57. The Labute approximate surface area is 115 Å². The predicted octanol–water partition coefficient (Wildman–Crippen LogP) is 2.14. The topological polar surface area (TPSA) is 72.8 Å². The monoisotopic (exact) mass is 267 g/mol. The van der Waals surface area contributed by atoms with Gasteiger partial charge in [-0.25, -0.2) is 0 Å². The lowest BCUT2D eigenvalue weighted by molar-refractivity contribution is 0.379. The van der Waals surface area contributed by atoms with E-state index in [2.05, 4.69) is 25.3 Å². The highest BCUT2D eigenvalue weighted by Crippen LogP contribution is 2.26. The molecule has 20 heavy (non-hydrogen) atoms. The molecule has 0 aliphatic rings. The molecule has 2 aromatic heterocycles. The summed E-state index contributed by atoms with van der Waals surface area (Å²) in [7, 11) is 3.28. The summed E-state index contributed by atoms with van der Waals surface area (Å²) < 4.78 is 5.11. The van der Waals surface area contributed by atoms with Crippen LogP contribution in [0.3, 0.4) is 0 Å². The number of methoxy groups -OCH3 is 1. The van der Waals surface area contributed by atoms with Gasteiger partial charge in [-0.1, -0.05) is 18.2 Å². The molecule has 100 valence electrons. The molecule has 0 spiro atoms. The van der Waals surface area contributed by atoms with Gasteiger partial charge in [0.15, 0.2) is 5.82 Å². The Balaban J connectivity index is 2.25. The average Bonchev–Trinajstić information content (AvgIpc) is 2.53. The first-order chi connectivity index (χ1) is 9.81. The fraction of sp³-hybridized carbons (Fsp3) is 0.143. The zero-order valence-electron chi connectivity index (χ0n) is 11.2. The highest BCUT2D eigenvalue weighted by molar-refractivity contribution is 5.94. The SMILES string of the molecule is CNc1nc(OC)nc(-c2cccc3ccncc23)n1. The van der Waals surface area contributed by atoms with E-state index in [4.69, 9.17) is 4.74 Å².